The third-order valence-electron chi connectivity index (χ3n) is 4.83. The Labute approximate surface area is 131 Å². The van der Waals surface area contributed by atoms with Crippen LogP contribution >= 0.6 is 0 Å². The van der Waals surface area contributed by atoms with E-state index >= 15 is 0 Å². The molecule has 1 saturated carbocycles. The number of carboxylic acids is 1. The molecule has 1 aromatic rings. The van der Waals surface area contributed by atoms with Crippen molar-refractivity contribution >= 4 is 5.97 Å². The van der Waals surface area contributed by atoms with E-state index in [4.69, 9.17) is 14.6 Å². The second-order valence-electron chi connectivity index (χ2n) is 6.35. The van der Waals surface area contributed by atoms with Crippen molar-refractivity contribution in [3.63, 3.8) is 0 Å². The topological polar surface area (TPSA) is 55.8 Å². The van der Waals surface area contributed by atoms with E-state index in [1.165, 1.54) is 32.1 Å². The molecule has 1 N–H and O–H groups in total. The molecule has 2 aliphatic rings. The average Bonchev–Trinajstić information content (AvgIpc) is 2.55. The summed E-state index contributed by atoms with van der Waals surface area (Å²) in [6.07, 6.45) is 8.48. The Morgan fingerprint density at radius 2 is 1.91 bits per heavy atom. The van der Waals surface area contributed by atoms with E-state index in [0.717, 1.165) is 24.3 Å². The zero-order chi connectivity index (χ0) is 15.4. The number of rotatable bonds is 5. The summed E-state index contributed by atoms with van der Waals surface area (Å²) in [7, 11) is 0. The van der Waals surface area contributed by atoms with Gasteiger partial charge in [-0.25, -0.2) is 4.79 Å². The lowest BCUT2D eigenvalue weighted by atomic mass is 9.82. The van der Waals surface area contributed by atoms with Gasteiger partial charge in [-0.05, 0) is 55.7 Å². The Kier molecular flexibility index (Phi) is 5.11. The third kappa shape index (κ3) is 3.87. The van der Waals surface area contributed by atoms with Gasteiger partial charge in [-0.2, -0.15) is 0 Å². The number of aromatic carboxylic acids is 1. The summed E-state index contributed by atoms with van der Waals surface area (Å²) in [4.78, 5) is 10.8. The molecule has 0 amide bonds. The first-order valence-electron chi connectivity index (χ1n) is 8.31. The van der Waals surface area contributed by atoms with Crippen LogP contribution in [0.1, 0.15) is 54.4 Å². The Morgan fingerprint density at radius 1 is 1.14 bits per heavy atom. The first-order chi connectivity index (χ1) is 10.7. The summed E-state index contributed by atoms with van der Waals surface area (Å²) in [6, 6.07) is 6.99. The summed E-state index contributed by atoms with van der Waals surface area (Å²) in [5.41, 5.74) is 1.42. The van der Waals surface area contributed by atoms with Crippen molar-refractivity contribution in [3.05, 3.63) is 35.4 Å². The molecule has 0 spiro atoms. The molecule has 0 bridgehead atoms. The molecule has 2 fully saturated rings. The van der Waals surface area contributed by atoms with E-state index in [2.05, 4.69) is 0 Å². The summed E-state index contributed by atoms with van der Waals surface area (Å²) >= 11 is 0. The lowest BCUT2D eigenvalue weighted by Gasteiger charge is -2.39. The number of benzene rings is 1. The first kappa shape index (κ1) is 15.5. The molecular formula is C18H24O4. The molecule has 22 heavy (non-hydrogen) atoms. The monoisotopic (exact) mass is 304 g/mol. The highest BCUT2D eigenvalue weighted by molar-refractivity contribution is 5.87. The molecule has 4 heteroatoms. The summed E-state index contributed by atoms with van der Waals surface area (Å²) < 4.78 is 12.0. The lowest BCUT2D eigenvalue weighted by molar-refractivity contribution is -0.215. The Bertz CT molecular complexity index is 496. The quantitative estimate of drug-likeness (QED) is 0.902. The summed E-state index contributed by atoms with van der Waals surface area (Å²) in [5.74, 6) is -0.141. The fourth-order valence-corrected chi connectivity index (χ4v) is 3.54. The van der Waals surface area contributed by atoms with Gasteiger partial charge in [0, 0.05) is 0 Å². The van der Waals surface area contributed by atoms with Crippen LogP contribution in [0.3, 0.4) is 0 Å². The zero-order valence-electron chi connectivity index (χ0n) is 12.9. The van der Waals surface area contributed by atoms with Crippen LogP contribution in [0.15, 0.2) is 24.3 Å². The molecule has 1 aromatic carbocycles. The molecule has 0 unspecified atom stereocenters. The predicted molar refractivity (Wildman–Crippen MR) is 82.9 cm³/mol. The first-order valence-corrected chi connectivity index (χ1v) is 8.31. The predicted octanol–water partition coefficient (Wildman–Crippen LogP) is 3.64. The van der Waals surface area contributed by atoms with Gasteiger partial charge in [0.2, 0.25) is 0 Å². The number of ether oxygens (including phenoxy) is 2. The van der Waals surface area contributed by atoms with Gasteiger partial charge in [-0.1, -0.05) is 25.0 Å². The maximum atomic E-state index is 10.8. The normalized spacial score (nSPS) is 28.1. The molecule has 1 heterocycles. The van der Waals surface area contributed by atoms with Crippen LogP contribution < -0.4 is 0 Å². The average molecular weight is 304 g/mol. The van der Waals surface area contributed by atoms with E-state index in [9.17, 15) is 4.79 Å². The van der Waals surface area contributed by atoms with Gasteiger partial charge in [0.15, 0.2) is 6.29 Å². The van der Waals surface area contributed by atoms with E-state index in [1.54, 1.807) is 12.1 Å². The second kappa shape index (κ2) is 7.25. The van der Waals surface area contributed by atoms with Gasteiger partial charge in [0.05, 0.1) is 18.3 Å². The van der Waals surface area contributed by atoms with E-state index in [0.29, 0.717) is 18.3 Å². The SMILES string of the molecule is O=C(O)c1ccc(CCO[C@@H]2CC[C@H]3CCCC[C@@H]3O2)cc1. The van der Waals surface area contributed by atoms with Crippen LogP contribution in [0.5, 0.6) is 0 Å². The van der Waals surface area contributed by atoms with Crippen LogP contribution in [-0.4, -0.2) is 30.1 Å². The van der Waals surface area contributed by atoms with Crippen molar-refractivity contribution in [2.75, 3.05) is 6.61 Å². The van der Waals surface area contributed by atoms with Gasteiger partial charge >= 0.3 is 5.97 Å². The molecule has 1 aliphatic carbocycles. The van der Waals surface area contributed by atoms with Gasteiger partial charge in [-0.3, -0.25) is 0 Å². The van der Waals surface area contributed by atoms with Gasteiger partial charge in [0.1, 0.15) is 0 Å². The Hall–Kier alpha value is -1.39. The summed E-state index contributed by atoms with van der Waals surface area (Å²) in [5, 5.41) is 8.88. The molecule has 1 saturated heterocycles. The Balaban J connectivity index is 1.42. The van der Waals surface area contributed by atoms with Crippen molar-refractivity contribution in [2.24, 2.45) is 5.92 Å². The van der Waals surface area contributed by atoms with E-state index in [1.807, 2.05) is 12.1 Å². The highest BCUT2D eigenvalue weighted by atomic mass is 16.7. The standard InChI is InChI=1S/C18H24O4/c19-18(20)15-7-5-13(6-8-15)11-12-21-17-10-9-14-3-1-2-4-16(14)22-17/h5-8,14,16-17H,1-4,9-12H2,(H,19,20)/t14-,16+,17+/m1/s1. The van der Waals surface area contributed by atoms with Crippen LogP contribution in [0.4, 0.5) is 0 Å². The van der Waals surface area contributed by atoms with Gasteiger partial charge < -0.3 is 14.6 Å². The number of hydrogen-bond acceptors (Lipinski definition) is 3. The van der Waals surface area contributed by atoms with Crippen molar-refractivity contribution in [3.8, 4) is 0 Å². The largest absolute Gasteiger partial charge is 0.478 e. The van der Waals surface area contributed by atoms with E-state index < -0.39 is 5.97 Å². The molecule has 3 atom stereocenters. The van der Waals surface area contributed by atoms with Crippen LogP contribution in [-0.2, 0) is 15.9 Å². The highest BCUT2D eigenvalue weighted by Gasteiger charge is 2.33. The fraction of sp³-hybridized carbons (Fsp3) is 0.611. The lowest BCUT2D eigenvalue weighted by Crippen LogP contribution is -2.38. The molecule has 3 rings (SSSR count). The maximum Gasteiger partial charge on any atom is 0.335 e. The molecule has 0 aromatic heterocycles. The van der Waals surface area contributed by atoms with Crippen LogP contribution in [0.2, 0.25) is 0 Å². The smallest absolute Gasteiger partial charge is 0.335 e. The van der Waals surface area contributed by atoms with Crippen molar-refractivity contribution in [1.82, 2.24) is 0 Å². The minimum atomic E-state index is -0.888. The third-order valence-corrected chi connectivity index (χ3v) is 4.83. The number of fused-ring (bicyclic) bond motifs is 1. The van der Waals surface area contributed by atoms with Crippen molar-refractivity contribution in [1.29, 1.82) is 0 Å². The van der Waals surface area contributed by atoms with Gasteiger partial charge in [-0.15, -0.1) is 0 Å². The Morgan fingerprint density at radius 3 is 2.68 bits per heavy atom. The molecule has 4 nitrogen and oxygen atoms in total. The minimum absolute atomic E-state index is 0.0577. The molecule has 1 aliphatic heterocycles. The van der Waals surface area contributed by atoms with Gasteiger partial charge in [0.25, 0.3) is 0 Å². The minimum Gasteiger partial charge on any atom is -0.478 e. The molecule has 0 radical (unpaired) electrons. The van der Waals surface area contributed by atoms with Crippen molar-refractivity contribution < 1.29 is 19.4 Å². The highest BCUT2D eigenvalue weighted by Crippen LogP contribution is 2.35. The van der Waals surface area contributed by atoms with Crippen LogP contribution in [0.25, 0.3) is 0 Å². The number of carboxylic acid groups (broad SMARTS) is 1. The number of hydrogen-bond donors (Lipinski definition) is 1. The summed E-state index contributed by atoms with van der Waals surface area (Å²) in [6.45, 7) is 0.620. The second-order valence-corrected chi connectivity index (χ2v) is 6.35. The van der Waals surface area contributed by atoms with E-state index in [-0.39, 0.29) is 6.29 Å². The number of carbonyl (C=O) groups is 1. The zero-order valence-corrected chi connectivity index (χ0v) is 12.9. The van der Waals surface area contributed by atoms with Crippen LogP contribution in [0, 0.1) is 5.92 Å². The molecule has 120 valence electrons. The fourth-order valence-electron chi connectivity index (χ4n) is 3.54. The maximum absolute atomic E-state index is 10.8. The van der Waals surface area contributed by atoms with Crippen molar-refractivity contribution in [2.45, 2.75) is 57.3 Å². The molecular weight excluding hydrogens is 280 g/mol.